The third kappa shape index (κ3) is 3.28. The molecule has 0 amide bonds. The first-order valence-electron chi connectivity index (χ1n) is 6.61. The summed E-state index contributed by atoms with van der Waals surface area (Å²) in [6.07, 6.45) is -3.56. The van der Waals surface area contributed by atoms with Crippen LogP contribution in [0.1, 0.15) is 12.0 Å². The van der Waals surface area contributed by atoms with Gasteiger partial charge in [0.25, 0.3) is 0 Å². The molecule has 0 spiro atoms. The molecule has 1 aliphatic rings. The van der Waals surface area contributed by atoms with E-state index in [1.54, 1.807) is 24.3 Å². The summed E-state index contributed by atoms with van der Waals surface area (Å²) in [6, 6.07) is 6.64. The Balaban J connectivity index is 1.96. The Morgan fingerprint density at radius 1 is 1.00 bits per heavy atom. The normalized spacial score (nSPS) is 34.1. The van der Waals surface area contributed by atoms with Gasteiger partial charge in [0.1, 0.15) is 18.0 Å². The molecule has 1 saturated heterocycles. The fourth-order valence-electron chi connectivity index (χ4n) is 2.46. The first-order valence-corrected chi connectivity index (χ1v) is 6.61. The molecule has 0 aliphatic carbocycles. The minimum absolute atomic E-state index is 0.177. The maximum absolute atomic E-state index is 9.99. The lowest BCUT2D eigenvalue weighted by molar-refractivity contribution is -0.270. The molecule has 0 aromatic heterocycles. The molecule has 0 saturated carbocycles. The second-order valence-electron chi connectivity index (χ2n) is 5.10. The molecule has 1 fully saturated rings. The molecule has 1 aromatic carbocycles. The van der Waals surface area contributed by atoms with Gasteiger partial charge in [-0.15, -0.1) is 0 Å². The summed E-state index contributed by atoms with van der Waals surface area (Å²) in [4.78, 5) is 0. The van der Waals surface area contributed by atoms with E-state index < -0.39 is 37.1 Å². The Labute approximate surface area is 116 Å². The van der Waals surface area contributed by atoms with Crippen LogP contribution in [-0.2, 0) is 11.2 Å². The number of aliphatic hydroxyl groups is 4. The van der Waals surface area contributed by atoms with Gasteiger partial charge in [-0.05, 0) is 30.5 Å². The molecule has 0 bridgehead atoms. The van der Waals surface area contributed by atoms with Gasteiger partial charge >= 0.3 is 0 Å². The summed E-state index contributed by atoms with van der Waals surface area (Å²) >= 11 is 0. The molecule has 20 heavy (non-hydrogen) atoms. The van der Waals surface area contributed by atoms with Crippen LogP contribution in [0.3, 0.4) is 0 Å². The Morgan fingerprint density at radius 3 is 2.25 bits per heavy atom. The number of aliphatic hydroxyl groups excluding tert-OH is 4. The monoisotopic (exact) mass is 284 g/mol. The first kappa shape index (κ1) is 15.2. The van der Waals surface area contributed by atoms with Crippen LogP contribution in [0.15, 0.2) is 24.3 Å². The second kappa shape index (κ2) is 6.51. The standard InChI is InChI=1S/C14H20O6/c15-7-11-13(18)12(17)10(14(19)20-11)6-3-8-1-4-9(16)5-2-8/h1-2,4-5,10-19H,3,6-7H2/t10-,11+,12+,13+,14?/m0/s1. The fraction of sp³-hybridized carbons (Fsp3) is 0.571. The lowest BCUT2D eigenvalue weighted by Gasteiger charge is -2.40. The second-order valence-corrected chi connectivity index (χ2v) is 5.10. The van der Waals surface area contributed by atoms with Gasteiger partial charge in [0.2, 0.25) is 0 Å². The van der Waals surface area contributed by atoms with E-state index >= 15 is 0 Å². The van der Waals surface area contributed by atoms with Crippen molar-refractivity contribution < 1.29 is 30.3 Å². The van der Waals surface area contributed by atoms with Crippen LogP contribution >= 0.6 is 0 Å². The number of ether oxygens (including phenoxy) is 1. The van der Waals surface area contributed by atoms with Crippen molar-refractivity contribution in [2.75, 3.05) is 6.61 Å². The molecule has 1 aromatic rings. The lowest BCUT2D eigenvalue weighted by atomic mass is 9.86. The highest BCUT2D eigenvalue weighted by atomic mass is 16.6. The SMILES string of the molecule is OC[C@H]1OC(O)[C@@H](CCc2ccc(O)cc2)[C@@H](O)[C@@H]1O. The highest BCUT2D eigenvalue weighted by Crippen LogP contribution is 2.28. The van der Waals surface area contributed by atoms with Gasteiger partial charge < -0.3 is 30.3 Å². The lowest BCUT2D eigenvalue weighted by Crippen LogP contribution is -2.55. The van der Waals surface area contributed by atoms with Gasteiger partial charge in [-0.1, -0.05) is 12.1 Å². The number of aromatic hydroxyl groups is 1. The van der Waals surface area contributed by atoms with Gasteiger partial charge in [-0.3, -0.25) is 0 Å². The predicted octanol–water partition coefficient (Wildman–Crippen LogP) is -0.628. The maximum atomic E-state index is 9.99. The quantitative estimate of drug-likeness (QED) is 0.503. The van der Waals surface area contributed by atoms with Gasteiger partial charge in [-0.25, -0.2) is 0 Å². The van der Waals surface area contributed by atoms with E-state index in [2.05, 4.69) is 0 Å². The van der Waals surface area contributed by atoms with Crippen LogP contribution in [0.4, 0.5) is 0 Å². The van der Waals surface area contributed by atoms with E-state index in [9.17, 15) is 20.4 Å². The molecule has 1 heterocycles. The number of phenols is 1. The summed E-state index contributed by atoms with van der Waals surface area (Å²) in [5.74, 6) is -0.447. The number of aryl methyl sites for hydroxylation is 1. The van der Waals surface area contributed by atoms with Gasteiger partial charge in [0.15, 0.2) is 6.29 Å². The zero-order valence-electron chi connectivity index (χ0n) is 11.0. The molecular formula is C14H20O6. The van der Waals surface area contributed by atoms with Crippen molar-refractivity contribution >= 4 is 0 Å². The molecule has 2 rings (SSSR count). The molecule has 1 aliphatic heterocycles. The number of benzene rings is 1. The van der Waals surface area contributed by atoms with E-state index in [1.807, 2.05) is 0 Å². The van der Waals surface area contributed by atoms with Crippen LogP contribution in [0.25, 0.3) is 0 Å². The van der Waals surface area contributed by atoms with Crippen molar-refractivity contribution in [3.8, 4) is 5.75 Å². The molecule has 5 N–H and O–H groups in total. The van der Waals surface area contributed by atoms with Crippen molar-refractivity contribution in [1.29, 1.82) is 0 Å². The number of hydrogen-bond donors (Lipinski definition) is 5. The van der Waals surface area contributed by atoms with Crippen LogP contribution in [-0.4, -0.2) is 56.7 Å². The van der Waals surface area contributed by atoms with Crippen molar-refractivity contribution in [2.45, 2.75) is 37.4 Å². The van der Waals surface area contributed by atoms with Crippen molar-refractivity contribution in [3.63, 3.8) is 0 Å². The molecule has 1 unspecified atom stereocenters. The maximum Gasteiger partial charge on any atom is 0.160 e. The zero-order chi connectivity index (χ0) is 14.7. The number of hydrogen-bond acceptors (Lipinski definition) is 6. The summed E-state index contributed by atoms with van der Waals surface area (Å²) in [5, 5.41) is 47.8. The average molecular weight is 284 g/mol. The topological polar surface area (TPSA) is 110 Å². The Morgan fingerprint density at radius 2 is 1.65 bits per heavy atom. The van der Waals surface area contributed by atoms with E-state index in [0.717, 1.165) is 5.56 Å². The zero-order valence-corrected chi connectivity index (χ0v) is 11.0. The van der Waals surface area contributed by atoms with Crippen LogP contribution in [0.5, 0.6) is 5.75 Å². The summed E-state index contributed by atoms with van der Waals surface area (Å²) in [5.41, 5.74) is 0.945. The summed E-state index contributed by atoms with van der Waals surface area (Å²) in [6.45, 7) is -0.458. The fourth-order valence-corrected chi connectivity index (χ4v) is 2.46. The third-order valence-electron chi connectivity index (χ3n) is 3.73. The molecule has 112 valence electrons. The highest BCUT2D eigenvalue weighted by molar-refractivity contribution is 5.25. The van der Waals surface area contributed by atoms with Crippen LogP contribution < -0.4 is 0 Å². The number of rotatable bonds is 4. The van der Waals surface area contributed by atoms with Crippen LogP contribution in [0.2, 0.25) is 0 Å². The molecular weight excluding hydrogens is 264 g/mol. The Kier molecular flexibility index (Phi) is 4.95. The smallest absolute Gasteiger partial charge is 0.160 e. The Hall–Kier alpha value is -1.18. The average Bonchev–Trinajstić information content (AvgIpc) is 2.44. The van der Waals surface area contributed by atoms with Crippen molar-refractivity contribution in [1.82, 2.24) is 0 Å². The molecule has 6 heteroatoms. The Bertz CT molecular complexity index is 420. The molecule has 5 atom stereocenters. The summed E-state index contributed by atoms with van der Waals surface area (Å²) < 4.78 is 5.09. The van der Waals surface area contributed by atoms with Gasteiger partial charge in [-0.2, -0.15) is 0 Å². The largest absolute Gasteiger partial charge is 0.508 e. The van der Waals surface area contributed by atoms with E-state index in [1.165, 1.54) is 0 Å². The third-order valence-corrected chi connectivity index (χ3v) is 3.73. The van der Waals surface area contributed by atoms with E-state index in [-0.39, 0.29) is 5.75 Å². The first-order chi connectivity index (χ1) is 9.52. The van der Waals surface area contributed by atoms with Gasteiger partial charge in [0.05, 0.1) is 12.7 Å². The van der Waals surface area contributed by atoms with E-state index in [4.69, 9.17) is 9.84 Å². The molecule has 6 nitrogen and oxygen atoms in total. The van der Waals surface area contributed by atoms with Crippen molar-refractivity contribution in [3.05, 3.63) is 29.8 Å². The van der Waals surface area contributed by atoms with Crippen LogP contribution in [0, 0.1) is 5.92 Å². The predicted molar refractivity (Wildman–Crippen MR) is 69.9 cm³/mol. The minimum atomic E-state index is -1.22. The molecule has 0 radical (unpaired) electrons. The minimum Gasteiger partial charge on any atom is -0.508 e. The van der Waals surface area contributed by atoms with E-state index in [0.29, 0.717) is 12.8 Å². The van der Waals surface area contributed by atoms with Crippen molar-refractivity contribution in [2.24, 2.45) is 5.92 Å². The number of phenolic OH excluding ortho intramolecular Hbond substituents is 1. The highest BCUT2D eigenvalue weighted by Gasteiger charge is 2.42. The summed E-state index contributed by atoms with van der Waals surface area (Å²) in [7, 11) is 0. The van der Waals surface area contributed by atoms with Gasteiger partial charge in [0, 0.05) is 5.92 Å².